The molecule has 0 aromatic heterocycles. The Balaban J connectivity index is 2.27. The topological polar surface area (TPSA) is 29.5 Å². The van der Waals surface area contributed by atoms with Crippen molar-refractivity contribution in [3.8, 4) is 16.9 Å². The van der Waals surface area contributed by atoms with Gasteiger partial charge in [-0.2, -0.15) is 0 Å². The zero-order valence-electron chi connectivity index (χ0n) is 8.56. The van der Waals surface area contributed by atoms with Gasteiger partial charge in [0.2, 0.25) is 0 Å². The number of halogens is 1. The summed E-state index contributed by atoms with van der Waals surface area (Å²) >= 11 is 5.92. The molecular weight excluding hydrogens is 222 g/mol. The van der Waals surface area contributed by atoms with Crippen LogP contribution in [0.15, 0.2) is 48.5 Å². The lowest BCUT2D eigenvalue weighted by Crippen LogP contribution is -1.99. The van der Waals surface area contributed by atoms with Crippen LogP contribution in [0.2, 0.25) is 5.02 Å². The summed E-state index contributed by atoms with van der Waals surface area (Å²) in [6.45, 7) is 0. The van der Waals surface area contributed by atoms with Crippen LogP contribution in [0.5, 0.6) is 5.75 Å². The molecule has 0 aliphatic rings. The second kappa shape index (κ2) is 5.06. The van der Waals surface area contributed by atoms with Crippen molar-refractivity contribution >= 4 is 19.3 Å². The van der Waals surface area contributed by atoms with E-state index in [0.29, 0.717) is 10.8 Å². The van der Waals surface area contributed by atoms with E-state index in [2.05, 4.69) is 0 Å². The molecule has 0 atom stereocenters. The molecule has 0 heterocycles. The van der Waals surface area contributed by atoms with Gasteiger partial charge >= 0.3 is 7.69 Å². The summed E-state index contributed by atoms with van der Waals surface area (Å²) < 4.78 is 4.95. The zero-order valence-corrected chi connectivity index (χ0v) is 9.32. The fourth-order valence-electron chi connectivity index (χ4n) is 1.49. The first-order chi connectivity index (χ1) is 7.79. The molecule has 0 bridgehead atoms. The average molecular weight is 232 g/mol. The maximum atomic E-state index is 8.60. The van der Waals surface area contributed by atoms with Crippen LogP contribution in [0.25, 0.3) is 11.1 Å². The van der Waals surface area contributed by atoms with E-state index in [-0.39, 0.29) is 7.69 Å². The van der Waals surface area contributed by atoms with Crippen molar-refractivity contribution in [1.29, 1.82) is 0 Å². The summed E-state index contributed by atoms with van der Waals surface area (Å²) in [6, 6.07) is 15.1. The smallest absolute Gasteiger partial charge is 0.504 e. The highest BCUT2D eigenvalue weighted by atomic mass is 35.5. The molecule has 0 saturated heterocycles. The number of hydrogen-bond donors (Lipinski definition) is 1. The summed E-state index contributed by atoms with van der Waals surface area (Å²) in [6.07, 6.45) is 0. The second-order valence-electron chi connectivity index (χ2n) is 3.31. The van der Waals surface area contributed by atoms with Gasteiger partial charge in [0.25, 0.3) is 0 Å². The van der Waals surface area contributed by atoms with E-state index in [1.807, 2.05) is 48.5 Å². The van der Waals surface area contributed by atoms with Crippen LogP contribution in [0.4, 0.5) is 0 Å². The van der Waals surface area contributed by atoms with Crippen molar-refractivity contribution in [3.05, 3.63) is 53.6 Å². The van der Waals surface area contributed by atoms with Crippen molar-refractivity contribution in [2.45, 2.75) is 0 Å². The molecule has 0 aliphatic heterocycles. The van der Waals surface area contributed by atoms with Crippen molar-refractivity contribution < 1.29 is 9.68 Å². The predicted molar refractivity (Wildman–Crippen MR) is 66.9 cm³/mol. The fraction of sp³-hybridized carbons (Fsp3) is 0. The molecule has 0 unspecified atom stereocenters. The van der Waals surface area contributed by atoms with Crippen molar-refractivity contribution in [1.82, 2.24) is 0 Å². The van der Waals surface area contributed by atoms with Gasteiger partial charge in [-0.3, -0.25) is 0 Å². The van der Waals surface area contributed by atoms with E-state index in [1.165, 1.54) is 0 Å². The highest BCUT2D eigenvalue weighted by Gasteiger charge is 1.99. The van der Waals surface area contributed by atoms with Crippen molar-refractivity contribution in [2.75, 3.05) is 0 Å². The minimum absolute atomic E-state index is 0.309. The number of hydrogen-bond acceptors (Lipinski definition) is 2. The number of rotatable bonds is 3. The van der Waals surface area contributed by atoms with Crippen molar-refractivity contribution in [2.24, 2.45) is 0 Å². The Morgan fingerprint density at radius 2 is 1.75 bits per heavy atom. The van der Waals surface area contributed by atoms with Gasteiger partial charge < -0.3 is 9.68 Å². The van der Waals surface area contributed by atoms with E-state index in [1.54, 1.807) is 0 Å². The van der Waals surface area contributed by atoms with Gasteiger partial charge in [0, 0.05) is 5.02 Å². The molecule has 0 amide bonds. The van der Waals surface area contributed by atoms with Gasteiger partial charge in [-0.25, -0.2) is 0 Å². The lowest BCUT2D eigenvalue weighted by Gasteiger charge is -2.05. The van der Waals surface area contributed by atoms with E-state index in [0.717, 1.165) is 11.1 Å². The largest absolute Gasteiger partial charge is 0.539 e. The third-order valence-corrected chi connectivity index (χ3v) is 2.48. The molecule has 0 radical (unpaired) electrons. The van der Waals surface area contributed by atoms with Gasteiger partial charge in [-0.1, -0.05) is 35.9 Å². The van der Waals surface area contributed by atoms with Gasteiger partial charge in [0.15, 0.2) is 0 Å². The third kappa shape index (κ3) is 2.57. The quantitative estimate of drug-likeness (QED) is 0.825. The molecule has 4 heteroatoms. The third-order valence-electron chi connectivity index (χ3n) is 2.24. The Hall–Kier alpha value is -1.45. The molecule has 2 aromatic carbocycles. The molecule has 1 N–H and O–H groups in total. The Morgan fingerprint density at radius 3 is 2.38 bits per heavy atom. The van der Waals surface area contributed by atoms with E-state index in [9.17, 15) is 0 Å². The van der Waals surface area contributed by atoms with Gasteiger partial charge in [0.05, 0.1) is 0 Å². The Morgan fingerprint density at radius 1 is 1.00 bits per heavy atom. The predicted octanol–water partition coefficient (Wildman–Crippen LogP) is 2.64. The highest BCUT2D eigenvalue weighted by molar-refractivity contribution is 6.30. The second-order valence-corrected chi connectivity index (χ2v) is 3.74. The normalized spacial score (nSPS) is 9.88. The van der Waals surface area contributed by atoms with Crippen LogP contribution in [0.1, 0.15) is 0 Å². The van der Waals surface area contributed by atoms with Crippen LogP contribution in [-0.2, 0) is 0 Å². The average Bonchev–Trinajstić information content (AvgIpc) is 2.30. The Labute approximate surface area is 99.8 Å². The number of benzene rings is 2. The minimum atomic E-state index is -0.309. The molecule has 2 nitrogen and oxygen atoms in total. The molecule has 0 spiro atoms. The fourth-order valence-corrected chi connectivity index (χ4v) is 1.68. The van der Waals surface area contributed by atoms with E-state index < -0.39 is 0 Å². The summed E-state index contributed by atoms with van der Waals surface area (Å²) in [5.74, 6) is 0.647. The van der Waals surface area contributed by atoms with Crippen LogP contribution < -0.4 is 4.65 Å². The van der Waals surface area contributed by atoms with Crippen LogP contribution >= 0.6 is 11.6 Å². The summed E-state index contributed by atoms with van der Waals surface area (Å²) in [7, 11) is -0.309. The molecule has 0 fully saturated rings. The van der Waals surface area contributed by atoms with E-state index in [4.69, 9.17) is 21.3 Å². The summed E-state index contributed by atoms with van der Waals surface area (Å²) in [4.78, 5) is 0. The standard InChI is InChI=1S/C12H10BClO2/c14-11-3-1-2-10(8-11)9-4-6-12(7-5-9)16-13-15/h1-8,13,15H. The Kier molecular flexibility index (Phi) is 3.49. The lowest BCUT2D eigenvalue weighted by molar-refractivity contribution is 0.454. The molecule has 16 heavy (non-hydrogen) atoms. The molecule has 2 aromatic rings. The first kappa shape index (κ1) is 11.1. The van der Waals surface area contributed by atoms with E-state index >= 15 is 0 Å². The Bertz CT molecular complexity index is 471. The van der Waals surface area contributed by atoms with Crippen LogP contribution in [0.3, 0.4) is 0 Å². The first-order valence-electron chi connectivity index (χ1n) is 4.89. The first-order valence-corrected chi connectivity index (χ1v) is 5.27. The lowest BCUT2D eigenvalue weighted by atomic mass is 10.1. The van der Waals surface area contributed by atoms with Gasteiger partial charge in [-0.15, -0.1) is 0 Å². The maximum Gasteiger partial charge on any atom is 0.504 e. The zero-order chi connectivity index (χ0) is 11.4. The molecular formula is C12H10BClO2. The SMILES string of the molecule is OBOc1ccc(-c2cccc(Cl)c2)cc1. The van der Waals surface area contributed by atoms with Crippen LogP contribution in [-0.4, -0.2) is 12.7 Å². The van der Waals surface area contributed by atoms with Gasteiger partial charge in [0.1, 0.15) is 5.75 Å². The summed E-state index contributed by atoms with van der Waals surface area (Å²) in [5.41, 5.74) is 2.12. The van der Waals surface area contributed by atoms with Crippen molar-refractivity contribution in [3.63, 3.8) is 0 Å². The molecule has 0 aliphatic carbocycles. The summed E-state index contributed by atoms with van der Waals surface area (Å²) in [5, 5.41) is 9.32. The molecule has 0 saturated carbocycles. The minimum Gasteiger partial charge on any atom is -0.539 e. The molecule has 2 rings (SSSR count). The van der Waals surface area contributed by atoms with Gasteiger partial charge in [-0.05, 0) is 35.4 Å². The molecule has 80 valence electrons. The maximum absolute atomic E-state index is 8.60. The highest BCUT2D eigenvalue weighted by Crippen LogP contribution is 2.24. The van der Waals surface area contributed by atoms with Crippen LogP contribution in [0, 0.1) is 0 Å². The monoisotopic (exact) mass is 232 g/mol.